The summed E-state index contributed by atoms with van der Waals surface area (Å²) in [5.74, 6) is -0.209. The summed E-state index contributed by atoms with van der Waals surface area (Å²) in [7, 11) is 0. The molecule has 0 aliphatic heterocycles. The van der Waals surface area contributed by atoms with Crippen LogP contribution in [-0.4, -0.2) is 18.2 Å². The Morgan fingerprint density at radius 1 is 1.47 bits per heavy atom. The molecule has 1 radical (unpaired) electrons. The molecule has 3 nitrogen and oxygen atoms in total. The third-order valence-corrected chi connectivity index (χ3v) is 3.54. The summed E-state index contributed by atoms with van der Waals surface area (Å²) in [6, 6.07) is 9.54. The van der Waals surface area contributed by atoms with Crippen LogP contribution in [0.2, 0.25) is 0 Å². The fourth-order valence-electron chi connectivity index (χ4n) is 1.71. The predicted octanol–water partition coefficient (Wildman–Crippen LogP) is 2.06. The molecule has 1 heterocycles. The number of hydrogen-bond donors (Lipinski definition) is 1. The highest BCUT2D eigenvalue weighted by Crippen LogP contribution is 2.25. The van der Waals surface area contributed by atoms with Crippen LogP contribution in [0.25, 0.3) is 10.1 Å². The van der Waals surface area contributed by atoms with Crippen LogP contribution < -0.4 is 5.32 Å². The van der Waals surface area contributed by atoms with Crippen molar-refractivity contribution in [2.45, 2.75) is 19.4 Å². The smallest absolute Gasteiger partial charge is 0.223 e. The lowest BCUT2D eigenvalue weighted by Gasteiger charge is -2.08. The van der Waals surface area contributed by atoms with E-state index in [0.717, 1.165) is 4.88 Å². The number of rotatable bonds is 4. The molecule has 0 bridgehead atoms. The van der Waals surface area contributed by atoms with Gasteiger partial charge in [-0.3, -0.25) is 9.59 Å². The van der Waals surface area contributed by atoms with Crippen LogP contribution in [0.5, 0.6) is 0 Å². The molecule has 1 amide bonds. The van der Waals surface area contributed by atoms with Crippen LogP contribution in [0.15, 0.2) is 30.3 Å². The van der Waals surface area contributed by atoms with E-state index < -0.39 is 6.04 Å². The summed E-state index contributed by atoms with van der Waals surface area (Å²) < 4.78 is 1.19. The summed E-state index contributed by atoms with van der Waals surface area (Å²) in [6.45, 7) is 1.40. The molecule has 0 spiro atoms. The molecule has 1 aromatic heterocycles. The van der Waals surface area contributed by atoms with Crippen molar-refractivity contribution < 1.29 is 9.59 Å². The minimum absolute atomic E-state index is 0.209. The first kappa shape index (κ1) is 11.8. The zero-order valence-electron chi connectivity index (χ0n) is 9.40. The Hall–Kier alpha value is -1.68. The van der Waals surface area contributed by atoms with Gasteiger partial charge in [-0.25, -0.2) is 0 Å². The monoisotopic (exact) mass is 246 g/mol. The van der Waals surface area contributed by atoms with Gasteiger partial charge in [-0.05, 0) is 17.5 Å². The summed E-state index contributed by atoms with van der Waals surface area (Å²) in [5, 5.41) is 3.73. The maximum Gasteiger partial charge on any atom is 0.223 e. The van der Waals surface area contributed by atoms with E-state index in [1.807, 2.05) is 36.6 Å². The zero-order chi connectivity index (χ0) is 12.3. The normalized spacial score (nSPS) is 12.3. The molecule has 1 atom stereocenters. The Morgan fingerprint density at radius 3 is 2.88 bits per heavy atom. The van der Waals surface area contributed by atoms with E-state index in [9.17, 15) is 9.59 Å². The number of carbonyl (C=O) groups excluding carboxylic acids is 2. The van der Waals surface area contributed by atoms with Crippen LogP contribution in [0, 0.1) is 0 Å². The van der Waals surface area contributed by atoms with Gasteiger partial charge < -0.3 is 5.32 Å². The molecule has 0 aliphatic rings. The summed E-state index contributed by atoms with van der Waals surface area (Å²) in [5.41, 5.74) is 0. The van der Waals surface area contributed by atoms with Crippen molar-refractivity contribution in [1.82, 2.24) is 5.32 Å². The Labute approximate surface area is 103 Å². The molecule has 87 valence electrons. The first-order valence-electron chi connectivity index (χ1n) is 5.31. The van der Waals surface area contributed by atoms with Gasteiger partial charge in [0, 0.05) is 22.9 Å². The summed E-state index contributed by atoms with van der Waals surface area (Å²) in [4.78, 5) is 22.7. The van der Waals surface area contributed by atoms with Crippen molar-refractivity contribution in [1.29, 1.82) is 0 Å². The molecular weight excluding hydrogens is 234 g/mol. The highest BCUT2D eigenvalue weighted by atomic mass is 32.1. The number of amides is 1. The number of benzene rings is 1. The molecule has 0 unspecified atom stereocenters. The SMILES string of the molecule is CC(=O)N[C@H]([C]=O)Cc1cc2ccccc2s1. The number of hydrogen-bond acceptors (Lipinski definition) is 3. The fourth-order valence-corrected chi connectivity index (χ4v) is 2.82. The third-order valence-electron chi connectivity index (χ3n) is 2.40. The second-order valence-corrected chi connectivity index (χ2v) is 4.99. The van der Waals surface area contributed by atoms with E-state index in [4.69, 9.17) is 0 Å². The molecule has 17 heavy (non-hydrogen) atoms. The van der Waals surface area contributed by atoms with Gasteiger partial charge in [0.2, 0.25) is 12.2 Å². The lowest BCUT2D eigenvalue weighted by molar-refractivity contribution is -0.119. The second-order valence-electron chi connectivity index (χ2n) is 3.83. The Balaban J connectivity index is 2.16. The minimum Gasteiger partial charge on any atom is -0.346 e. The average molecular weight is 246 g/mol. The second kappa shape index (κ2) is 5.10. The number of thiophene rings is 1. The van der Waals surface area contributed by atoms with Crippen molar-refractivity contribution >= 4 is 33.6 Å². The molecule has 0 fully saturated rings. The van der Waals surface area contributed by atoms with Crippen LogP contribution in [0.1, 0.15) is 11.8 Å². The Bertz CT molecular complexity index is 514. The van der Waals surface area contributed by atoms with Crippen molar-refractivity contribution in [2.75, 3.05) is 0 Å². The molecule has 0 aliphatic carbocycles. The van der Waals surface area contributed by atoms with Gasteiger partial charge in [0.15, 0.2) is 0 Å². The van der Waals surface area contributed by atoms with E-state index in [2.05, 4.69) is 5.32 Å². The van der Waals surface area contributed by atoms with Gasteiger partial charge in [0.05, 0.1) is 0 Å². The van der Waals surface area contributed by atoms with Gasteiger partial charge in [0.1, 0.15) is 6.04 Å². The first-order valence-corrected chi connectivity index (χ1v) is 6.13. The van der Waals surface area contributed by atoms with Crippen molar-refractivity contribution in [2.24, 2.45) is 0 Å². The van der Waals surface area contributed by atoms with E-state index in [1.54, 1.807) is 11.3 Å². The zero-order valence-corrected chi connectivity index (χ0v) is 10.2. The highest BCUT2D eigenvalue weighted by Gasteiger charge is 2.12. The van der Waals surface area contributed by atoms with E-state index in [-0.39, 0.29) is 5.91 Å². The number of fused-ring (bicyclic) bond motifs is 1. The topological polar surface area (TPSA) is 46.2 Å². The number of carbonyl (C=O) groups is 1. The lowest BCUT2D eigenvalue weighted by Crippen LogP contribution is -2.35. The fraction of sp³-hybridized carbons (Fsp3) is 0.231. The van der Waals surface area contributed by atoms with E-state index in [1.165, 1.54) is 17.0 Å². The molecule has 1 N–H and O–H groups in total. The maximum absolute atomic E-state index is 10.9. The van der Waals surface area contributed by atoms with Gasteiger partial charge in [-0.1, -0.05) is 18.2 Å². The summed E-state index contributed by atoms with van der Waals surface area (Å²) >= 11 is 1.64. The van der Waals surface area contributed by atoms with Crippen LogP contribution in [0.3, 0.4) is 0 Å². The maximum atomic E-state index is 10.9. The molecule has 0 saturated carbocycles. The van der Waals surface area contributed by atoms with Crippen molar-refractivity contribution in [3.05, 3.63) is 35.2 Å². The standard InChI is InChI=1S/C13H12NO2S/c1-9(16)14-11(8-15)7-12-6-10-4-2-3-5-13(10)17-12/h2-6,11H,7H2,1H3,(H,14,16)/t11-/m0/s1. The van der Waals surface area contributed by atoms with Crippen LogP contribution in [0.4, 0.5) is 0 Å². The number of nitrogens with one attached hydrogen (secondary N) is 1. The van der Waals surface area contributed by atoms with Crippen LogP contribution in [-0.2, 0) is 16.0 Å². The van der Waals surface area contributed by atoms with Gasteiger partial charge in [0.25, 0.3) is 0 Å². The van der Waals surface area contributed by atoms with E-state index in [0.29, 0.717) is 6.42 Å². The van der Waals surface area contributed by atoms with Crippen molar-refractivity contribution in [3.63, 3.8) is 0 Å². The molecule has 2 aromatic rings. The van der Waals surface area contributed by atoms with Crippen molar-refractivity contribution in [3.8, 4) is 0 Å². The summed E-state index contributed by atoms with van der Waals surface area (Å²) in [6.07, 6.45) is 2.35. The Kier molecular flexibility index (Phi) is 3.54. The molecule has 4 heteroatoms. The van der Waals surface area contributed by atoms with E-state index >= 15 is 0 Å². The molecule has 0 saturated heterocycles. The van der Waals surface area contributed by atoms with Gasteiger partial charge >= 0.3 is 0 Å². The molecule has 2 rings (SSSR count). The minimum atomic E-state index is -0.555. The van der Waals surface area contributed by atoms with Gasteiger partial charge in [-0.15, -0.1) is 11.3 Å². The first-order chi connectivity index (χ1) is 8.19. The average Bonchev–Trinajstić information content (AvgIpc) is 2.69. The Morgan fingerprint density at radius 2 is 2.24 bits per heavy atom. The van der Waals surface area contributed by atoms with Gasteiger partial charge in [-0.2, -0.15) is 0 Å². The highest BCUT2D eigenvalue weighted by molar-refractivity contribution is 7.19. The lowest BCUT2D eigenvalue weighted by atomic mass is 10.2. The molecule has 1 aromatic carbocycles. The van der Waals surface area contributed by atoms with Crippen LogP contribution >= 0.6 is 11.3 Å². The quantitative estimate of drug-likeness (QED) is 0.897. The molecular formula is C13H12NO2S. The predicted molar refractivity (Wildman–Crippen MR) is 68.8 cm³/mol. The third kappa shape index (κ3) is 2.91. The largest absolute Gasteiger partial charge is 0.346 e.